The number of hydrogen-bond donors (Lipinski definition) is 0. The molecule has 5 rings (SSSR count). The maximum Gasteiger partial charge on any atom is 0.193 e. The highest BCUT2D eigenvalue weighted by molar-refractivity contribution is 5.76. The smallest absolute Gasteiger partial charge is 0.193 e. The highest BCUT2D eigenvalue weighted by atomic mass is 16.5. The first-order valence-electron chi connectivity index (χ1n) is 9.10. The van der Waals surface area contributed by atoms with Crippen molar-refractivity contribution in [2.24, 2.45) is 4.99 Å². The minimum atomic E-state index is -0.0838. The van der Waals surface area contributed by atoms with Gasteiger partial charge in [-0.05, 0) is 28.8 Å². The first-order chi connectivity index (χ1) is 13.4. The van der Waals surface area contributed by atoms with E-state index < -0.39 is 0 Å². The topological polar surface area (TPSA) is 37.7 Å². The third-order valence-electron chi connectivity index (χ3n) is 4.97. The van der Waals surface area contributed by atoms with Crippen LogP contribution < -0.4 is 0 Å². The summed E-state index contributed by atoms with van der Waals surface area (Å²) in [6.07, 6.45) is 5.85. The van der Waals surface area contributed by atoms with Crippen molar-refractivity contribution < 1.29 is 4.74 Å². The summed E-state index contributed by atoms with van der Waals surface area (Å²) in [5.41, 5.74) is 4.49. The number of nitrogens with zero attached hydrogens (tertiary/aromatic N) is 3. The zero-order valence-corrected chi connectivity index (χ0v) is 14.8. The normalized spacial score (nSPS) is 20.0. The maximum absolute atomic E-state index is 6.24. The lowest BCUT2D eigenvalue weighted by molar-refractivity contribution is 0.0738. The lowest BCUT2D eigenvalue weighted by Gasteiger charge is -2.36. The van der Waals surface area contributed by atoms with Crippen LogP contribution in [0.2, 0.25) is 0 Å². The molecular formula is C23H19N3O. The Morgan fingerprint density at radius 2 is 1.70 bits per heavy atom. The largest absolute Gasteiger partial charge is 0.472 e. The zero-order chi connectivity index (χ0) is 18.1. The Morgan fingerprint density at radius 3 is 2.56 bits per heavy atom. The highest BCUT2D eigenvalue weighted by Gasteiger charge is 2.38. The quantitative estimate of drug-likeness (QED) is 0.680. The van der Waals surface area contributed by atoms with Crippen LogP contribution in [0.1, 0.15) is 34.6 Å². The van der Waals surface area contributed by atoms with Crippen LogP contribution in [0.3, 0.4) is 0 Å². The molecule has 3 aromatic rings. The van der Waals surface area contributed by atoms with Crippen LogP contribution >= 0.6 is 0 Å². The van der Waals surface area contributed by atoms with E-state index in [1.54, 1.807) is 6.20 Å². The number of fused-ring (bicyclic) bond motifs is 3. The van der Waals surface area contributed by atoms with Crippen molar-refractivity contribution >= 4 is 12.3 Å². The summed E-state index contributed by atoms with van der Waals surface area (Å²) < 4.78 is 6.24. The van der Waals surface area contributed by atoms with Gasteiger partial charge in [0.1, 0.15) is 12.8 Å². The van der Waals surface area contributed by atoms with Gasteiger partial charge in [0, 0.05) is 18.5 Å². The molecule has 0 amide bonds. The molecule has 27 heavy (non-hydrogen) atoms. The minimum Gasteiger partial charge on any atom is -0.472 e. The third kappa shape index (κ3) is 2.89. The number of aromatic nitrogens is 1. The van der Waals surface area contributed by atoms with Gasteiger partial charge in [-0.1, -0.05) is 60.7 Å². The van der Waals surface area contributed by atoms with Crippen LogP contribution in [0.25, 0.3) is 6.08 Å². The molecule has 2 atom stereocenters. The van der Waals surface area contributed by atoms with Gasteiger partial charge in [-0.25, -0.2) is 0 Å². The summed E-state index contributed by atoms with van der Waals surface area (Å²) in [7, 11) is 0. The van der Waals surface area contributed by atoms with Gasteiger partial charge in [0.05, 0.1) is 11.7 Å². The van der Waals surface area contributed by atoms with Gasteiger partial charge in [-0.3, -0.25) is 9.98 Å². The molecule has 2 unspecified atom stereocenters. The second kappa shape index (κ2) is 6.72. The van der Waals surface area contributed by atoms with Crippen molar-refractivity contribution in [2.45, 2.75) is 18.8 Å². The molecule has 0 bridgehead atoms. The Kier molecular flexibility index (Phi) is 3.94. The van der Waals surface area contributed by atoms with E-state index in [0.717, 1.165) is 17.1 Å². The average Bonchev–Trinajstić information content (AvgIpc) is 3.19. The zero-order valence-electron chi connectivity index (χ0n) is 14.8. The number of rotatable bonds is 4. The second-order valence-electron chi connectivity index (χ2n) is 6.66. The summed E-state index contributed by atoms with van der Waals surface area (Å²) in [5, 5.41) is 0. The molecule has 0 saturated carbocycles. The van der Waals surface area contributed by atoms with Crippen molar-refractivity contribution in [3.05, 3.63) is 107 Å². The van der Waals surface area contributed by atoms with E-state index >= 15 is 0 Å². The fourth-order valence-electron chi connectivity index (χ4n) is 3.69. The molecule has 2 aromatic carbocycles. The molecule has 0 aliphatic carbocycles. The van der Waals surface area contributed by atoms with Crippen LogP contribution in [0.5, 0.6) is 0 Å². The molecule has 0 spiro atoms. The standard InChI is InChI=1S/C23H19N3O/c1-2-8-17(9-3-1)23-25-15-21-20-12-5-4-10-18(20)14-22(26(21)23)27-16-19-11-6-7-13-24-19/h1-15,21,23H,16H2. The van der Waals surface area contributed by atoms with Gasteiger partial charge in [-0.2, -0.15) is 0 Å². The lowest BCUT2D eigenvalue weighted by Crippen LogP contribution is -2.31. The first kappa shape index (κ1) is 15.8. The monoisotopic (exact) mass is 353 g/mol. The Balaban J connectivity index is 1.51. The Morgan fingerprint density at radius 1 is 0.889 bits per heavy atom. The first-order valence-corrected chi connectivity index (χ1v) is 9.10. The van der Waals surface area contributed by atoms with Crippen LogP contribution in [0.4, 0.5) is 0 Å². The van der Waals surface area contributed by atoms with Crippen LogP contribution in [0, 0.1) is 0 Å². The molecule has 0 radical (unpaired) electrons. The SMILES string of the molecule is C1=NC(c2ccccc2)N2C(OCc3ccccn3)=Cc3ccccc3C12. The summed E-state index contributed by atoms with van der Waals surface area (Å²) >= 11 is 0. The van der Waals surface area contributed by atoms with E-state index in [1.165, 1.54) is 11.1 Å². The fraction of sp³-hybridized carbons (Fsp3) is 0.130. The molecule has 0 N–H and O–H groups in total. The molecule has 0 saturated heterocycles. The van der Waals surface area contributed by atoms with Crippen molar-refractivity contribution in [1.29, 1.82) is 0 Å². The van der Waals surface area contributed by atoms with Crippen molar-refractivity contribution in [3.63, 3.8) is 0 Å². The van der Waals surface area contributed by atoms with E-state index in [0.29, 0.717) is 6.61 Å². The van der Waals surface area contributed by atoms with Gasteiger partial charge < -0.3 is 9.64 Å². The molecule has 3 heterocycles. The molecule has 2 aliphatic heterocycles. The van der Waals surface area contributed by atoms with Crippen molar-refractivity contribution in [1.82, 2.24) is 9.88 Å². The number of aliphatic imine (C=N–C) groups is 1. The number of hydrogen-bond acceptors (Lipinski definition) is 4. The Hall–Kier alpha value is -3.40. The lowest BCUT2D eigenvalue weighted by atomic mass is 9.96. The Labute approximate surface area is 158 Å². The van der Waals surface area contributed by atoms with E-state index in [1.807, 2.05) is 42.6 Å². The third-order valence-corrected chi connectivity index (χ3v) is 4.97. The maximum atomic E-state index is 6.24. The Bertz CT molecular complexity index is 998. The molecule has 132 valence electrons. The molecule has 0 fully saturated rings. The molecule has 2 aliphatic rings. The van der Waals surface area contributed by atoms with E-state index in [-0.39, 0.29) is 12.2 Å². The van der Waals surface area contributed by atoms with Crippen LogP contribution in [-0.4, -0.2) is 16.1 Å². The van der Waals surface area contributed by atoms with Gasteiger partial charge in [-0.15, -0.1) is 0 Å². The average molecular weight is 353 g/mol. The van der Waals surface area contributed by atoms with Gasteiger partial charge in [0.25, 0.3) is 0 Å². The van der Waals surface area contributed by atoms with Gasteiger partial charge >= 0.3 is 0 Å². The van der Waals surface area contributed by atoms with Crippen molar-refractivity contribution in [2.75, 3.05) is 0 Å². The summed E-state index contributed by atoms with van der Waals surface area (Å²) in [5.74, 6) is 0.829. The molecular weight excluding hydrogens is 334 g/mol. The van der Waals surface area contributed by atoms with Gasteiger partial charge in [0.2, 0.25) is 0 Å². The number of benzene rings is 2. The van der Waals surface area contributed by atoms with Crippen LogP contribution in [0.15, 0.2) is 89.9 Å². The minimum absolute atomic E-state index is 0.0788. The second-order valence-corrected chi connectivity index (χ2v) is 6.66. The molecule has 4 heteroatoms. The van der Waals surface area contributed by atoms with E-state index in [9.17, 15) is 0 Å². The van der Waals surface area contributed by atoms with Crippen molar-refractivity contribution in [3.8, 4) is 0 Å². The number of pyridine rings is 1. The summed E-state index contributed by atoms with van der Waals surface area (Å²) in [6, 6.07) is 24.7. The summed E-state index contributed by atoms with van der Waals surface area (Å²) in [6.45, 7) is 0.430. The van der Waals surface area contributed by atoms with Crippen LogP contribution in [-0.2, 0) is 11.3 Å². The summed E-state index contributed by atoms with van der Waals surface area (Å²) in [4.78, 5) is 11.4. The van der Waals surface area contributed by atoms with E-state index in [4.69, 9.17) is 9.73 Å². The van der Waals surface area contributed by atoms with Gasteiger partial charge in [0.15, 0.2) is 5.88 Å². The highest BCUT2D eigenvalue weighted by Crippen LogP contribution is 2.44. The van der Waals surface area contributed by atoms with E-state index in [2.05, 4.69) is 52.4 Å². The fourth-order valence-corrected chi connectivity index (χ4v) is 3.69. The predicted molar refractivity (Wildman–Crippen MR) is 106 cm³/mol. The predicted octanol–water partition coefficient (Wildman–Crippen LogP) is 4.74. The molecule has 1 aromatic heterocycles. The number of ether oxygens (including phenoxy) is 1. The molecule has 4 nitrogen and oxygen atoms in total.